The highest BCUT2D eigenvalue weighted by Crippen LogP contribution is 2.64. The van der Waals surface area contributed by atoms with Gasteiger partial charge in [0.25, 0.3) is 0 Å². The smallest absolute Gasteiger partial charge is 0.209 e. The molecule has 4 rings (SSSR count). The highest BCUT2D eigenvalue weighted by Gasteiger charge is 2.57. The fourth-order valence-corrected chi connectivity index (χ4v) is 7.63. The van der Waals surface area contributed by atoms with Crippen molar-refractivity contribution in [2.75, 3.05) is 5.75 Å². The lowest BCUT2D eigenvalue weighted by molar-refractivity contribution is -0.0205. The van der Waals surface area contributed by atoms with Crippen LogP contribution in [0.5, 0.6) is 0 Å². The SMILES string of the molecule is NS(=O)(=O)CC12CC3CC(CC(Br)(C3)C1)C2. The van der Waals surface area contributed by atoms with Crippen molar-refractivity contribution in [1.82, 2.24) is 0 Å². The maximum absolute atomic E-state index is 11.4. The van der Waals surface area contributed by atoms with Crippen molar-refractivity contribution in [3.8, 4) is 0 Å². The lowest BCUT2D eigenvalue weighted by Gasteiger charge is -2.60. The largest absolute Gasteiger partial charge is 0.229 e. The number of rotatable bonds is 2. The Bertz CT molecular complexity index is 406. The fourth-order valence-electron chi connectivity index (χ4n) is 4.93. The van der Waals surface area contributed by atoms with Crippen molar-refractivity contribution in [3.63, 3.8) is 0 Å². The molecule has 4 saturated carbocycles. The van der Waals surface area contributed by atoms with Crippen molar-refractivity contribution in [2.24, 2.45) is 22.4 Å². The maximum Gasteiger partial charge on any atom is 0.209 e. The Morgan fingerprint density at radius 2 is 1.75 bits per heavy atom. The summed E-state index contributed by atoms with van der Waals surface area (Å²) in [6.07, 6.45) is 6.93. The molecule has 5 heteroatoms. The molecule has 2 atom stereocenters. The first-order chi connectivity index (χ1) is 7.28. The first kappa shape index (κ1) is 11.5. The minimum absolute atomic E-state index is 0.0127. The minimum Gasteiger partial charge on any atom is -0.229 e. The van der Waals surface area contributed by atoms with E-state index >= 15 is 0 Å². The molecule has 16 heavy (non-hydrogen) atoms. The zero-order valence-electron chi connectivity index (χ0n) is 9.28. The van der Waals surface area contributed by atoms with E-state index in [9.17, 15) is 8.42 Å². The van der Waals surface area contributed by atoms with E-state index in [4.69, 9.17) is 5.14 Å². The van der Waals surface area contributed by atoms with E-state index in [1.165, 1.54) is 19.3 Å². The van der Waals surface area contributed by atoms with Crippen LogP contribution >= 0.6 is 15.9 Å². The molecule has 0 aromatic rings. The van der Waals surface area contributed by atoms with Gasteiger partial charge in [-0.3, -0.25) is 0 Å². The van der Waals surface area contributed by atoms with Crippen molar-refractivity contribution in [3.05, 3.63) is 0 Å². The molecule has 92 valence electrons. The number of nitrogens with two attached hydrogens (primary N) is 1. The molecule has 0 saturated heterocycles. The van der Waals surface area contributed by atoms with Gasteiger partial charge < -0.3 is 0 Å². The van der Waals surface area contributed by atoms with Crippen LogP contribution in [0.25, 0.3) is 0 Å². The maximum atomic E-state index is 11.4. The lowest BCUT2D eigenvalue weighted by atomic mass is 9.50. The van der Waals surface area contributed by atoms with Crippen LogP contribution in [0.1, 0.15) is 38.5 Å². The van der Waals surface area contributed by atoms with E-state index < -0.39 is 10.0 Å². The van der Waals surface area contributed by atoms with E-state index in [0.717, 1.165) is 31.1 Å². The summed E-state index contributed by atoms with van der Waals surface area (Å²) in [6.45, 7) is 0. The van der Waals surface area contributed by atoms with E-state index in [2.05, 4.69) is 15.9 Å². The molecule has 0 spiro atoms. The summed E-state index contributed by atoms with van der Waals surface area (Å²) in [5.41, 5.74) is -0.0127. The predicted molar refractivity (Wildman–Crippen MR) is 66.7 cm³/mol. The summed E-state index contributed by atoms with van der Waals surface area (Å²) >= 11 is 3.86. The molecule has 0 radical (unpaired) electrons. The standard InChI is InChI=1S/C11H18BrNO2S/c12-11-4-8-1-9(5-11)3-10(2-8,6-11)7-16(13,14)15/h8-9H,1-7H2,(H2,13,14,15). The van der Waals surface area contributed by atoms with Crippen molar-refractivity contribution >= 4 is 26.0 Å². The summed E-state index contributed by atoms with van der Waals surface area (Å²) in [7, 11) is -3.33. The van der Waals surface area contributed by atoms with Crippen LogP contribution in [0.4, 0.5) is 0 Å². The molecule has 3 nitrogen and oxygen atoms in total. The topological polar surface area (TPSA) is 60.2 Å². The third-order valence-corrected chi connectivity index (χ3v) is 6.56. The molecular formula is C11H18BrNO2S. The summed E-state index contributed by atoms with van der Waals surface area (Å²) < 4.78 is 23.0. The second-order valence-corrected chi connectivity index (χ2v) is 9.72. The van der Waals surface area contributed by atoms with Crippen molar-refractivity contribution < 1.29 is 8.42 Å². The molecule has 4 bridgehead atoms. The molecule has 0 aromatic carbocycles. The molecule has 0 aliphatic heterocycles. The number of hydrogen-bond donors (Lipinski definition) is 1. The van der Waals surface area contributed by atoms with Crippen LogP contribution in [-0.2, 0) is 10.0 Å². The molecule has 2 unspecified atom stereocenters. The second-order valence-electron chi connectivity index (χ2n) is 6.42. The van der Waals surface area contributed by atoms with Gasteiger partial charge in [-0.05, 0) is 55.8 Å². The van der Waals surface area contributed by atoms with Crippen LogP contribution < -0.4 is 5.14 Å². The number of alkyl halides is 1. The summed E-state index contributed by atoms with van der Waals surface area (Å²) in [4.78, 5) is 0. The molecule has 4 fully saturated rings. The summed E-state index contributed by atoms with van der Waals surface area (Å²) in [5.74, 6) is 1.64. The minimum atomic E-state index is -3.33. The molecule has 4 aliphatic rings. The van der Waals surface area contributed by atoms with Gasteiger partial charge in [-0.15, -0.1) is 0 Å². The zero-order valence-corrected chi connectivity index (χ0v) is 11.7. The highest BCUT2D eigenvalue weighted by molar-refractivity contribution is 9.10. The normalized spacial score (nSPS) is 50.9. The van der Waals surface area contributed by atoms with Crippen LogP contribution in [0, 0.1) is 17.3 Å². The van der Waals surface area contributed by atoms with Gasteiger partial charge in [-0.25, -0.2) is 13.6 Å². The van der Waals surface area contributed by atoms with Gasteiger partial charge in [0.2, 0.25) is 10.0 Å². The lowest BCUT2D eigenvalue weighted by Crippen LogP contribution is -2.55. The van der Waals surface area contributed by atoms with Crippen LogP contribution in [-0.4, -0.2) is 18.5 Å². The molecule has 0 aromatic heterocycles. The molecule has 0 heterocycles. The summed E-state index contributed by atoms with van der Waals surface area (Å²) in [6, 6.07) is 0. The Balaban J connectivity index is 1.92. The Morgan fingerprint density at radius 1 is 1.19 bits per heavy atom. The van der Waals surface area contributed by atoms with E-state index in [1.54, 1.807) is 0 Å². The Labute approximate surface area is 105 Å². The fraction of sp³-hybridized carbons (Fsp3) is 1.00. The average molecular weight is 308 g/mol. The van der Waals surface area contributed by atoms with Crippen LogP contribution in [0.3, 0.4) is 0 Å². The molecular weight excluding hydrogens is 290 g/mol. The zero-order chi connectivity index (χ0) is 11.6. The summed E-state index contributed by atoms with van der Waals surface area (Å²) in [5, 5.41) is 5.26. The first-order valence-electron chi connectivity index (χ1n) is 5.97. The van der Waals surface area contributed by atoms with Crippen molar-refractivity contribution in [2.45, 2.75) is 42.8 Å². The van der Waals surface area contributed by atoms with E-state index in [1.807, 2.05) is 0 Å². The molecule has 0 amide bonds. The van der Waals surface area contributed by atoms with Crippen molar-refractivity contribution in [1.29, 1.82) is 0 Å². The quantitative estimate of drug-likeness (QED) is 0.793. The van der Waals surface area contributed by atoms with Gasteiger partial charge in [-0.1, -0.05) is 15.9 Å². The van der Waals surface area contributed by atoms with E-state index in [-0.39, 0.29) is 15.5 Å². The van der Waals surface area contributed by atoms with Gasteiger partial charge >= 0.3 is 0 Å². The van der Waals surface area contributed by atoms with Crippen LogP contribution in [0.15, 0.2) is 0 Å². The van der Waals surface area contributed by atoms with Gasteiger partial charge in [0.1, 0.15) is 0 Å². The van der Waals surface area contributed by atoms with E-state index in [0.29, 0.717) is 0 Å². The Morgan fingerprint density at radius 3 is 2.19 bits per heavy atom. The number of primary sulfonamides is 1. The van der Waals surface area contributed by atoms with Gasteiger partial charge in [0, 0.05) is 4.32 Å². The molecule has 2 N–H and O–H groups in total. The second kappa shape index (κ2) is 3.23. The number of halogens is 1. The van der Waals surface area contributed by atoms with Gasteiger partial charge in [-0.2, -0.15) is 0 Å². The van der Waals surface area contributed by atoms with Crippen LogP contribution in [0.2, 0.25) is 0 Å². The Kier molecular flexibility index (Phi) is 2.32. The third kappa shape index (κ3) is 1.95. The monoisotopic (exact) mass is 307 g/mol. The van der Waals surface area contributed by atoms with Gasteiger partial charge in [0.05, 0.1) is 5.75 Å². The first-order valence-corrected chi connectivity index (χ1v) is 8.48. The van der Waals surface area contributed by atoms with Gasteiger partial charge in [0.15, 0.2) is 0 Å². The molecule has 4 aliphatic carbocycles. The highest BCUT2D eigenvalue weighted by atomic mass is 79.9. The predicted octanol–water partition coefficient (Wildman–Crippen LogP) is 2.01. The third-order valence-electron chi connectivity index (χ3n) is 4.62. The number of sulfonamides is 1. The average Bonchev–Trinajstić information content (AvgIpc) is 1.91. The Hall–Kier alpha value is 0.390. The number of hydrogen-bond acceptors (Lipinski definition) is 2.